The Labute approximate surface area is 284 Å². The van der Waals surface area contributed by atoms with Gasteiger partial charge in [0.05, 0.1) is 20.3 Å². The maximum atomic E-state index is 10.9. The summed E-state index contributed by atoms with van der Waals surface area (Å²) < 4.78 is 32.0. The van der Waals surface area contributed by atoms with Crippen LogP contribution in [0.3, 0.4) is 0 Å². The van der Waals surface area contributed by atoms with E-state index >= 15 is 0 Å². The van der Waals surface area contributed by atoms with Crippen LogP contribution < -0.4 is 9.47 Å². The molecule has 4 aromatic rings. The first-order valence-electron chi connectivity index (χ1n) is 16.5. The van der Waals surface area contributed by atoms with Crippen molar-refractivity contribution < 1.29 is 44.1 Å². The molecule has 3 aliphatic heterocycles. The fraction of sp³-hybridized carbons (Fsp3) is 0.350. The van der Waals surface area contributed by atoms with Gasteiger partial charge in [-0.1, -0.05) is 30.8 Å². The SMILES string of the molecule is C=C1[C@@H](c2ccc(O)c(C)c2)O[C@@H](c2ccc(OC)c(O)c2)[C@@]12CC[C@]13O[C@@]1(C2)[C@@H](c1ccc(O)c(OC)c1)O[C@H]3c1ccc(O)c(C)c1. The van der Waals surface area contributed by atoms with Crippen molar-refractivity contribution in [2.24, 2.45) is 5.41 Å². The number of benzene rings is 4. The van der Waals surface area contributed by atoms with Crippen LogP contribution in [0.5, 0.6) is 34.5 Å². The molecule has 0 radical (unpaired) electrons. The average molecular weight is 665 g/mol. The third-order valence-electron chi connectivity index (χ3n) is 11.5. The molecule has 4 N–H and O–H groups in total. The normalized spacial score (nSPS) is 31.4. The number of aromatic hydroxyl groups is 4. The minimum absolute atomic E-state index is 0.0142. The Morgan fingerprint density at radius 2 is 1.18 bits per heavy atom. The van der Waals surface area contributed by atoms with E-state index in [0.29, 0.717) is 30.8 Å². The van der Waals surface area contributed by atoms with E-state index in [4.69, 9.17) is 30.3 Å². The number of hydrogen-bond donors (Lipinski definition) is 4. The quantitative estimate of drug-likeness (QED) is 0.121. The van der Waals surface area contributed by atoms with Crippen molar-refractivity contribution in [1.29, 1.82) is 0 Å². The molecule has 8 rings (SSSR count). The fourth-order valence-electron chi connectivity index (χ4n) is 8.90. The lowest BCUT2D eigenvalue weighted by Gasteiger charge is -2.42. The van der Waals surface area contributed by atoms with E-state index < -0.39 is 41.0 Å². The van der Waals surface area contributed by atoms with Gasteiger partial charge >= 0.3 is 0 Å². The van der Waals surface area contributed by atoms with Gasteiger partial charge in [-0.05, 0) is 121 Å². The van der Waals surface area contributed by atoms with Crippen LogP contribution in [0.2, 0.25) is 0 Å². The predicted molar refractivity (Wildman–Crippen MR) is 180 cm³/mol. The minimum Gasteiger partial charge on any atom is -0.508 e. The van der Waals surface area contributed by atoms with Crippen LogP contribution in [0.25, 0.3) is 0 Å². The topological polar surface area (TPSA) is 130 Å². The van der Waals surface area contributed by atoms with Gasteiger partial charge in [-0.3, -0.25) is 0 Å². The van der Waals surface area contributed by atoms with E-state index in [9.17, 15) is 20.4 Å². The summed E-state index contributed by atoms with van der Waals surface area (Å²) >= 11 is 0. The summed E-state index contributed by atoms with van der Waals surface area (Å²) in [6.07, 6.45) is -0.147. The minimum atomic E-state index is -0.803. The van der Waals surface area contributed by atoms with Crippen molar-refractivity contribution in [2.45, 2.75) is 68.7 Å². The third kappa shape index (κ3) is 4.42. The van der Waals surface area contributed by atoms with E-state index in [-0.39, 0.29) is 23.0 Å². The Morgan fingerprint density at radius 1 is 0.612 bits per heavy atom. The summed E-state index contributed by atoms with van der Waals surface area (Å²) in [4.78, 5) is 0. The number of hydrogen-bond acceptors (Lipinski definition) is 9. The molecular weight excluding hydrogens is 624 g/mol. The summed E-state index contributed by atoms with van der Waals surface area (Å²) in [7, 11) is 3.03. The fourth-order valence-corrected chi connectivity index (χ4v) is 8.90. The van der Waals surface area contributed by atoms with Crippen LogP contribution in [-0.2, 0) is 14.2 Å². The van der Waals surface area contributed by atoms with Crippen molar-refractivity contribution >= 4 is 0 Å². The number of epoxide rings is 1. The highest BCUT2D eigenvalue weighted by Crippen LogP contribution is 2.80. The molecule has 49 heavy (non-hydrogen) atoms. The first-order valence-corrected chi connectivity index (χ1v) is 16.5. The van der Waals surface area contributed by atoms with E-state index in [1.165, 1.54) is 14.2 Å². The summed E-state index contributed by atoms with van der Waals surface area (Å²) in [5.74, 6) is 1.16. The van der Waals surface area contributed by atoms with E-state index in [1.54, 1.807) is 36.4 Å². The van der Waals surface area contributed by atoms with E-state index in [2.05, 4.69) is 0 Å². The van der Waals surface area contributed by atoms with Gasteiger partial charge < -0.3 is 44.1 Å². The monoisotopic (exact) mass is 664 g/mol. The number of methoxy groups -OCH3 is 2. The van der Waals surface area contributed by atoms with Crippen LogP contribution in [0, 0.1) is 19.3 Å². The lowest BCUT2D eigenvalue weighted by atomic mass is 9.57. The van der Waals surface area contributed by atoms with Crippen LogP contribution >= 0.6 is 0 Å². The molecule has 3 heterocycles. The lowest BCUT2D eigenvalue weighted by molar-refractivity contribution is -0.0749. The second-order valence-electron chi connectivity index (χ2n) is 14.0. The molecule has 0 unspecified atom stereocenters. The molecule has 0 aromatic heterocycles. The lowest BCUT2D eigenvalue weighted by Crippen LogP contribution is -2.43. The Morgan fingerprint density at radius 3 is 1.84 bits per heavy atom. The van der Waals surface area contributed by atoms with Gasteiger partial charge in [0.2, 0.25) is 0 Å². The number of aryl methyl sites for hydroxylation is 2. The summed E-state index contributed by atoms with van der Waals surface area (Å²) in [6.45, 7) is 8.44. The standard InChI is InChI=1S/C40H40O9/c1-21-16-24(6-10-28(21)41)34-23(3)38(35(47-34)26-9-13-32(45-4)31(44)18-26)14-15-39-36(25-7-11-29(42)22(2)17-25)48-37(40(39,20-38)49-39)27-8-12-30(43)33(19-27)46-5/h6-13,16-19,34-37,41-44H,3,14-15,20H2,1-2,4-5H3/t34-,35-,36-,37+,38+,39+,40-/m0/s1. The molecular formula is C40H40O9. The average Bonchev–Trinajstić information content (AvgIpc) is 3.58. The van der Waals surface area contributed by atoms with Crippen molar-refractivity contribution in [2.75, 3.05) is 14.2 Å². The van der Waals surface area contributed by atoms with Crippen molar-refractivity contribution in [3.05, 3.63) is 118 Å². The highest BCUT2D eigenvalue weighted by Gasteiger charge is 2.86. The summed E-state index contributed by atoms with van der Waals surface area (Å²) in [5.41, 5.74) is 3.65. The maximum absolute atomic E-state index is 10.9. The number of rotatable bonds is 6. The van der Waals surface area contributed by atoms with Gasteiger partial charge in [0, 0.05) is 5.41 Å². The van der Waals surface area contributed by atoms with Gasteiger partial charge in [0.1, 0.15) is 41.0 Å². The van der Waals surface area contributed by atoms with Gasteiger partial charge in [0.15, 0.2) is 23.0 Å². The number of phenolic OH excluding ortho intramolecular Hbond substituents is 4. The molecule has 1 saturated carbocycles. The molecule has 254 valence electrons. The number of ether oxygens (including phenoxy) is 5. The second-order valence-corrected chi connectivity index (χ2v) is 14.0. The molecule has 9 nitrogen and oxygen atoms in total. The van der Waals surface area contributed by atoms with Gasteiger partial charge in [0.25, 0.3) is 0 Å². The first kappa shape index (κ1) is 31.6. The van der Waals surface area contributed by atoms with Crippen molar-refractivity contribution in [3.63, 3.8) is 0 Å². The Hall–Kier alpha value is -4.70. The zero-order chi connectivity index (χ0) is 34.5. The van der Waals surface area contributed by atoms with Crippen LogP contribution in [0.15, 0.2) is 84.9 Å². The third-order valence-corrected chi connectivity index (χ3v) is 11.5. The molecule has 4 aliphatic rings. The molecule has 0 amide bonds. The predicted octanol–water partition coefficient (Wildman–Crippen LogP) is 7.70. The van der Waals surface area contributed by atoms with Gasteiger partial charge in [-0.25, -0.2) is 0 Å². The highest BCUT2D eigenvalue weighted by atomic mass is 16.7. The van der Waals surface area contributed by atoms with Crippen LogP contribution in [0.1, 0.15) is 77.1 Å². The van der Waals surface area contributed by atoms with E-state index in [0.717, 1.165) is 39.0 Å². The molecule has 0 bridgehead atoms. The molecule has 7 atom stereocenters. The largest absolute Gasteiger partial charge is 0.508 e. The molecule has 4 aromatic carbocycles. The summed E-state index contributed by atoms with van der Waals surface area (Å²) in [5, 5.41) is 42.0. The smallest absolute Gasteiger partial charge is 0.160 e. The van der Waals surface area contributed by atoms with Gasteiger partial charge in [-0.15, -0.1) is 0 Å². The maximum Gasteiger partial charge on any atom is 0.160 e. The second kappa shape index (κ2) is 10.9. The Bertz CT molecular complexity index is 2010. The van der Waals surface area contributed by atoms with Crippen LogP contribution in [0.4, 0.5) is 0 Å². The zero-order valence-electron chi connectivity index (χ0n) is 27.9. The van der Waals surface area contributed by atoms with E-state index in [1.807, 2.05) is 50.2 Å². The van der Waals surface area contributed by atoms with Crippen LogP contribution in [-0.4, -0.2) is 45.8 Å². The van der Waals surface area contributed by atoms with Crippen molar-refractivity contribution in [3.8, 4) is 34.5 Å². The molecule has 9 heteroatoms. The molecule has 1 aliphatic carbocycles. The van der Waals surface area contributed by atoms with Crippen molar-refractivity contribution in [1.82, 2.24) is 0 Å². The molecule has 4 fully saturated rings. The Kier molecular flexibility index (Phi) is 7.02. The molecule has 3 saturated heterocycles. The Balaban J connectivity index is 1.27. The van der Waals surface area contributed by atoms with Gasteiger partial charge in [-0.2, -0.15) is 0 Å². The highest BCUT2D eigenvalue weighted by molar-refractivity contribution is 5.51. The zero-order valence-corrected chi connectivity index (χ0v) is 27.9. The number of phenols is 4. The molecule has 1 spiro atoms. The summed E-state index contributed by atoms with van der Waals surface area (Å²) in [6, 6.07) is 21.6. The first-order chi connectivity index (χ1) is 23.5.